The molecule has 4 aromatic rings. The number of fused-ring (bicyclic) bond motifs is 2. The van der Waals surface area contributed by atoms with Crippen molar-refractivity contribution < 1.29 is 4.74 Å². The van der Waals surface area contributed by atoms with Gasteiger partial charge in [0.05, 0.1) is 17.7 Å². The van der Waals surface area contributed by atoms with Crippen molar-refractivity contribution in [2.45, 2.75) is 13.3 Å². The van der Waals surface area contributed by atoms with Crippen LogP contribution in [0.15, 0.2) is 54.7 Å². The van der Waals surface area contributed by atoms with Gasteiger partial charge in [-0.05, 0) is 61.3 Å². The number of nitrogens with zero attached hydrogens (tertiary/aromatic N) is 4. The molecule has 0 spiro atoms. The van der Waals surface area contributed by atoms with E-state index in [1.54, 1.807) is 0 Å². The van der Waals surface area contributed by atoms with E-state index in [1.807, 2.05) is 19.2 Å². The molecule has 2 aliphatic heterocycles. The number of rotatable bonds is 5. The minimum atomic E-state index is 0.617. The standard InChI is InChI=1S/C29H33N5O/c1-4-35-25-11-13-30-29-27(25)26(22-6-5-20-12-14-33(3)24(20)19-22)28(31-29)21-7-9-23(10-8-21)34-17-15-32(2)16-18-34/h5-11,13,19H,4,12,14-18H2,1-3H3,(H,30,31). The highest BCUT2D eigenvalue weighted by Gasteiger charge is 2.23. The summed E-state index contributed by atoms with van der Waals surface area (Å²) in [5.41, 5.74) is 9.47. The number of hydrogen-bond donors (Lipinski definition) is 1. The number of anilines is 2. The summed E-state index contributed by atoms with van der Waals surface area (Å²) in [7, 11) is 4.37. The fraction of sp³-hybridized carbons (Fsp3) is 0.345. The first-order valence-corrected chi connectivity index (χ1v) is 12.6. The molecule has 0 unspecified atom stereocenters. The van der Waals surface area contributed by atoms with Crippen LogP contribution in [0.5, 0.6) is 5.75 Å². The molecule has 0 aliphatic carbocycles. The summed E-state index contributed by atoms with van der Waals surface area (Å²) in [6.45, 7) is 8.06. The molecule has 2 aromatic carbocycles. The van der Waals surface area contributed by atoms with Crippen molar-refractivity contribution in [1.29, 1.82) is 0 Å². The van der Waals surface area contributed by atoms with Crippen molar-refractivity contribution in [1.82, 2.24) is 14.9 Å². The Bertz CT molecular complexity index is 1350. The van der Waals surface area contributed by atoms with E-state index < -0.39 is 0 Å². The second-order valence-electron chi connectivity index (χ2n) is 9.69. The molecule has 1 fully saturated rings. The van der Waals surface area contributed by atoms with Crippen LogP contribution in [0.1, 0.15) is 12.5 Å². The van der Waals surface area contributed by atoms with Gasteiger partial charge in [-0.3, -0.25) is 0 Å². The van der Waals surface area contributed by atoms with Crippen LogP contribution in [0.4, 0.5) is 11.4 Å². The first-order chi connectivity index (χ1) is 17.1. The number of hydrogen-bond acceptors (Lipinski definition) is 5. The zero-order valence-electron chi connectivity index (χ0n) is 20.8. The van der Waals surface area contributed by atoms with Gasteiger partial charge < -0.3 is 24.4 Å². The summed E-state index contributed by atoms with van der Waals surface area (Å²) in [4.78, 5) is 15.5. The second kappa shape index (κ2) is 8.93. The van der Waals surface area contributed by atoms with E-state index in [4.69, 9.17) is 4.74 Å². The predicted octanol–water partition coefficient (Wildman–Crippen LogP) is 5.04. The Labute approximate surface area is 207 Å². The maximum Gasteiger partial charge on any atom is 0.142 e. The van der Waals surface area contributed by atoms with Crippen molar-refractivity contribution in [2.75, 3.05) is 63.2 Å². The van der Waals surface area contributed by atoms with E-state index in [0.717, 1.165) is 72.7 Å². The number of pyridine rings is 1. The Morgan fingerprint density at radius 2 is 1.69 bits per heavy atom. The predicted molar refractivity (Wildman–Crippen MR) is 145 cm³/mol. The Hall–Kier alpha value is -3.51. The SMILES string of the molecule is CCOc1ccnc2[nH]c(-c3ccc(N4CCN(C)CC4)cc3)c(-c3ccc4c(c3)N(C)CC4)c12. The van der Waals surface area contributed by atoms with Gasteiger partial charge in [-0.15, -0.1) is 0 Å². The Balaban J connectivity index is 1.48. The van der Waals surface area contributed by atoms with Crippen LogP contribution < -0.4 is 14.5 Å². The quantitative estimate of drug-likeness (QED) is 0.446. The van der Waals surface area contributed by atoms with Gasteiger partial charge in [0.2, 0.25) is 0 Å². The number of aromatic amines is 1. The van der Waals surface area contributed by atoms with Gasteiger partial charge in [-0.2, -0.15) is 0 Å². The maximum absolute atomic E-state index is 6.07. The molecule has 1 N–H and O–H groups in total. The molecule has 2 aromatic heterocycles. The normalized spacial score (nSPS) is 16.2. The van der Waals surface area contributed by atoms with Gasteiger partial charge in [-0.25, -0.2) is 4.98 Å². The molecule has 2 aliphatic rings. The zero-order valence-corrected chi connectivity index (χ0v) is 20.8. The van der Waals surface area contributed by atoms with Gasteiger partial charge in [0.25, 0.3) is 0 Å². The molecule has 6 rings (SSSR count). The van der Waals surface area contributed by atoms with E-state index in [2.05, 4.69) is 81.2 Å². The summed E-state index contributed by atoms with van der Waals surface area (Å²) in [5, 5.41) is 1.05. The average Bonchev–Trinajstić information content (AvgIpc) is 3.46. The largest absolute Gasteiger partial charge is 0.493 e. The summed E-state index contributed by atoms with van der Waals surface area (Å²) in [6.07, 6.45) is 2.93. The molecule has 0 saturated carbocycles. The maximum atomic E-state index is 6.07. The topological polar surface area (TPSA) is 47.6 Å². The summed E-state index contributed by atoms with van der Waals surface area (Å²) < 4.78 is 6.07. The van der Waals surface area contributed by atoms with Crippen LogP contribution >= 0.6 is 0 Å². The minimum absolute atomic E-state index is 0.617. The third-order valence-corrected chi connectivity index (χ3v) is 7.48. The molecule has 180 valence electrons. The molecule has 6 nitrogen and oxygen atoms in total. The number of ether oxygens (including phenoxy) is 1. The van der Waals surface area contributed by atoms with Gasteiger partial charge in [0, 0.05) is 62.9 Å². The van der Waals surface area contributed by atoms with Crippen molar-refractivity contribution in [2.24, 2.45) is 0 Å². The van der Waals surface area contributed by atoms with Crippen molar-refractivity contribution in [3.63, 3.8) is 0 Å². The molecule has 1 saturated heterocycles. The Kier molecular flexibility index (Phi) is 5.61. The molecule has 0 bridgehead atoms. The highest BCUT2D eigenvalue weighted by molar-refractivity contribution is 6.06. The van der Waals surface area contributed by atoms with Gasteiger partial charge in [0.15, 0.2) is 0 Å². The fourth-order valence-corrected chi connectivity index (χ4v) is 5.47. The van der Waals surface area contributed by atoms with Crippen LogP contribution in [0, 0.1) is 0 Å². The number of piperazine rings is 1. The molecular weight excluding hydrogens is 434 g/mol. The van der Waals surface area contributed by atoms with E-state index in [9.17, 15) is 0 Å². The third kappa shape index (κ3) is 3.92. The first kappa shape index (κ1) is 22.0. The van der Waals surface area contributed by atoms with Gasteiger partial charge >= 0.3 is 0 Å². The smallest absolute Gasteiger partial charge is 0.142 e. The number of H-pyrrole nitrogens is 1. The molecule has 0 radical (unpaired) electrons. The first-order valence-electron chi connectivity index (χ1n) is 12.6. The number of benzene rings is 2. The monoisotopic (exact) mass is 467 g/mol. The number of likely N-dealkylation sites (N-methyl/N-ethyl adjacent to an activating group) is 2. The Morgan fingerprint density at radius 3 is 2.46 bits per heavy atom. The van der Waals surface area contributed by atoms with Crippen LogP contribution in [-0.2, 0) is 6.42 Å². The van der Waals surface area contributed by atoms with Gasteiger partial charge in [-0.1, -0.05) is 24.3 Å². The highest BCUT2D eigenvalue weighted by Crippen LogP contribution is 2.44. The molecular formula is C29H33N5O. The minimum Gasteiger partial charge on any atom is -0.493 e. The van der Waals surface area contributed by atoms with E-state index in [1.165, 1.54) is 22.5 Å². The van der Waals surface area contributed by atoms with Crippen LogP contribution in [0.2, 0.25) is 0 Å². The fourth-order valence-electron chi connectivity index (χ4n) is 5.47. The van der Waals surface area contributed by atoms with Crippen molar-refractivity contribution in [3.05, 3.63) is 60.3 Å². The lowest BCUT2D eigenvalue weighted by Crippen LogP contribution is -2.44. The molecule has 0 atom stereocenters. The highest BCUT2D eigenvalue weighted by atomic mass is 16.5. The lowest BCUT2D eigenvalue weighted by Gasteiger charge is -2.34. The molecule has 4 heterocycles. The third-order valence-electron chi connectivity index (χ3n) is 7.48. The van der Waals surface area contributed by atoms with Crippen molar-refractivity contribution >= 4 is 22.4 Å². The van der Waals surface area contributed by atoms with Crippen molar-refractivity contribution in [3.8, 4) is 28.1 Å². The molecule has 35 heavy (non-hydrogen) atoms. The molecule has 0 amide bonds. The van der Waals surface area contributed by atoms with E-state index >= 15 is 0 Å². The van der Waals surface area contributed by atoms with Crippen LogP contribution in [-0.4, -0.2) is 68.3 Å². The zero-order chi connectivity index (χ0) is 23.9. The Morgan fingerprint density at radius 1 is 0.914 bits per heavy atom. The lowest BCUT2D eigenvalue weighted by molar-refractivity contribution is 0.313. The summed E-state index contributed by atoms with van der Waals surface area (Å²) in [5.74, 6) is 0.873. The van der Waals surface area contributed by atoms with E-state index in [-0.39, 0.29) is 0 Å². The molecule has 6 heteroatoms. The average molecular weight is 468 g/mol. The number of nitrogens with one attached hydrogen (secondary N) is 1. The number of aromatic nitrogens is 2. The van der Waals surface area contributed by atoms with Gasteiger partial charge in [0.1, 0.15) is 11.4 Å². The van der Waals surface area contributed by atoms with E-state index in [0.29, 0.717) is 6.61 Å². The summed E-state index contributed by atoms with van der Waals surface area (Å²) in [6, 6.07) is 17.8. The lowest BCUT2D eigenvalue weighted by atomic mass is 9.96. The summed E-state index contributed by atoms with van der Waals surface area (Å²) >= 11 is 0. The van der Waals surface area contributed by atoms with Crippen LogP contribution in [0.25, 0.3) is 33.4 Å². The second-order valence-corrected chi connectivity index (χ2v) is 9.69. The van der Waals surface area contributed by atoms with Crippen LogP contribution in [0.3, 0.4) is 0 Å².